The van der Waals surface area contributed by atoms with E-state index in [1.54, 1.807) is 43.3 Å². The van der Waals surface area contributed by atoms with E-state index in [9.17, 15) is 13.2 Å². The Balaban J connectivity index is 1.77. The summed E-state index contributed by atoms with van der Waals surface area (Å²) in [5.41, 5.74) is 1.65. The molecule has 1 aromatic heterocycles. The lowest BCUT2D eigenvalue weighted by molar-refractivity contribution is -0.115. The van der Waals surface area contributed by atoms with E-state index in [1.807, 2.05) is 0 Å². The normalized spacial score (nSPS) is 11.1. The maximum Gasteiger partial charge on any atom is 0.225 e. The summed E-state index contributed by atoms with van der Waals surface area (Å²) in [4.78, 5) is 12.4. The summed E-state index contributed by atoms with van der Waals surface area (Å²) in [5, 5.41) is 6.49. The van der Waals surface area contributed by atoms with Gasteiger partial charge in [-0.25, -0.2) is 8.42 Å². The highest BCUT2D eigenvalue weighted by Gasteiger charge is 2.23. The lowest BCUT2D eigenvalue weighted by atomic mass is 10.1. The molecule has 0 aliphatic rings. The van der Waals surface area contributed by atoms with Crippen LogP contribution in [0.5, 0.6) is 17.2 Å². The van der Waals surface area contributed by atoms with Crippen molar-refractivity contribution in [1.29, 1.82) is 0 Å². The summed E-state index contributed by atoms with van der Waals surface area (Å²) >= 11 is 0. The Hall–Kier alpha value is -3.53. The molecule has 3 rings (SSSR count). The van der Waals surface area contributed by atoms with Crippen molar-refractivity contribution in [3.05, 3.63) is 48.2 Å². The van der Waals surface area contributed by atoms with E-state index in [0.717, 1.165) is 0 Å². The lowest BCUT2D eigenvalue weighted by Crippen LogP contribution is -2.18. The Bertz CT molecular complexity index is 1200. The van der Waals surface area contributed by atoms with Crippen LogP contribution >= 0.6 is 0 Å². The van der Waals surface area contributed by atoms with Gasteiger partial charge in [-0.05, 0) is 25.1 Å². The standard InChI is InChI=1S/C22H24N2O7S/c1-14-9-20(31-24-14)15-5-6-19(30-4)21(10-15)32(26,27)8-7-22(25)23-16-11-17(28-2)13-18(12-16)29-3/h5-6,9-13H,7-8H2,1-4H3,(H,23,25). The molecular formula is C22H24N2O7S. The fraction of sp³-hybridized carbons (Fsp3) is 0.273. The van der Waals surface area contributed by atoms with Gasteiger partial charge in [0.05, 0.1) is 32.8 Å². The molecule has 0 fully saturated rings. The zero-order valence-corrected chi connectivity index (χ0v) is 19.0. The number of aryl methyl sites for hydroxylation is 1. The number of methoxy groups -OCH3 is 3. The third-order valence-electron chi connectivity index (χ3n) is 4.64. The molecule has 0 unspecified atom stereocenters. The Labute approximate surface area is 186 Å². The molecule has 1 amide bonds. The van der Waals surface area contributed by atoms with Crippen LogP contribution in [-0.2, 0) is 14.6 Å². The molecule has 0 atom stereocenters. The Morgan fingerprint density at radius 1 is 1.00 bits per heavy atom. The van der Waals surface area contributed by atoms with Gasteiger partial charge in [-0.3, -0.25) is 4.79 Å². The highest BCUT2D eigenvalue weighted by molar-refractivity contribution is 7.91. The number of sulfone groups is 1. The molecule has 2 aromatic carbocycles. The van der Waals surface area contributed by atoms with Gasteiger partial charge in [0.25, 0.3) is 0 Å². The van der Waals surface area contributed by atoms with Crippen molar-refractivity contribution in [2.24, 2.45) is 0 Å². The lowest BCUT2D eigenvalue weighted by Gasteiger charge is -2.12. The maximum atomic E-state index is 13.0. The zero-order chi connectivity index (χ0) is 23.3. The molecule has 1 heterocycles. The smallest absolute Gasteiger partial charge is 0.225 e. The Morgan fingerprint density at radius 2 is 1.69 bits per heavy atom. The van der Waals surface area contributed by atoms with Crippen molar-refractivity contribution >= 4 is 21.4 Å². The van der Waals surface area contributed by atoms with Crippen molar-refractivity contribution in [3.8, 4) is 28.6 Å². The van der Waals surface area contributed by atoms with Gasteiger partial charge in [0.1, 0.15) is 22.1 Å². The van der Waals surface area contributed by atoms with Crippen LogP contribution in [0.2, 0.25) is 0 Å². The van der Waals surface area contributed by atoms with E-state index < -0.39 is 21.5 Å². The number of ether oxygens (including phenoxy) is 3. The van der Waals surface area contributed by atoms with Crippen molar-refractivity contribution in [3.63, 3.8) is 0 Å². The molecule has 1 N–H and O–H groups in total. The third-order valence-corrected chi connectivity index (χ3v) is 6.37. The van der Waals surface area contributed by atoms with Crippen LogP contribution in [0.15, 0.2) is 51.9 Å². The molecule has 0 radical (unpaired) electrons. The molecule has 32 heavy (non-hydrogen) atoms. The summed E-state index contributed by atoms with van der Waals surface area (Å²) < 4.78 is 46.8. The second-order valence-electron chi connectivity index (χ2n) is 6.92. The summed E-state index contributed by atoms with van der Waals surface area (Å²) in [5.74, 6) is 0.738. The Morgan fingerprint density at radius 3 is 2.25 bits per heavy atom. The molecule has 0 spiro atoms. The number of aromatic nitrogens is 1. The topological polar surface area (TPSA) is 117 Å². The number of rotatable bonds is 9. The number of hydrogen-bond donors (Lipinski definition) is 1. The minimum atomic E-state index is -3.84. The monoisotopic (exact) mass is 460 g/mol. The van der Waals surface area contributed by atoms with Gasteiger partial charge in [0.2, 0.25) is 5.91 Å². The SMILES string of the molecule is COc1cc(NC(=O)CCS(=O)(=O)c2cc(-c3cc(C)no3)ccc2OC)cc(OC)c1. The first-order valence-electron chi connectivity index (χ1n) is 9.63. The third kappa shape index (κ3) is 5.38. The second-order valence-corrected chi connectivity index (χ2v) is 8.99. The van der Waals surface area contributed by atoms with Crippen LogP contribution in [0.3, 0.4) is 0 Å². The quantitative estimate of drug-likeness (QED) is 0.516. The summed E-state index contributed by atoms with van der Waals surface area (Å²) in [6.45, 7) is 1.77. The van der Waals surface area contributed by atoms with E-state index in [4.69, 9.17) is 18.7 Å². The Kier molecular flexibility index (Phi) is 7.04. The average molecular weight is 461 g/mol. The molecule has 0 aliphatic carbocycles. The summed E-state index contributed by atoms with van der Waals surface area (Å²) in [6, 6.07) is 11.3. The van der Waals surface area contributed by atoms with Gasteiger partial charge in [-0.15, -0.1) is 0 Å². The first-order chi connectivity index (χ1) is 15.2. The molecule has 170 valence electrons. The number of nitrogens with one attached hydrogen (secondary N) is 1. The van der Waals surface area contributed by atoms with Crippen LogP contribution in [-0.4, -0.2) is 46.6 Å². The maximum absolute atomic E-state index is 13.0. The predicted molar refractivity (Wildman–Crippen MR) is 118 cm³/mol. The van der Waals surface area contributed by atoms with Crippen molar-refractivity contribution in [2.75, 3.05) is 32.4 Å². The van der Waals surface area contributed by atoms with Crippen LogP contribution < -0.4 is 19.5 Å². The van der Waals surface area contributed by atoms with E-state index in [2.05, 4.69) is 10.5 Å². The number of hydrogen-bond acceptors (Lipinski definition) is 8. The van der Waals surface area contributed by atoms with Crippen LogP contribution in [0, 0.1) is 6.92 Å². The first kappa shape index (κ1) is 23.1. The van der Waals surface area contributed by atoms with Crippen molar-refractivity contribution in [2.45, 2.75) is 18.2 Å². The molecule has 0 bridgehead atoms. The average Bonchev–Trinajstić information content (AvgIpc) is 3.23. The van der Waals surface area contributed by atoms with Gasteiger partial charge < -0.3 is 24.1 Å². The molecule has 3 aromatic rings. The predicted octanol–water partition coefficient (Wildman–Crippen LogP) is 3.48. The van der Waals surface area contributed by atoms with Gasteiger partial charge in [0.15, 0.2) is 15.6 Å². The number of benzene rings is 2. The van der Waals surface area contributed by atoms with Gasteiger partial charge >= 0.3 is 0 Å². The van der Waals surface area contributed by atoms with Crippen molar-refractivity contribution in [1.82, 2.24) is 5.16 Å². The second kappa shape index (κ2) is 9.73. The molecule has 10 heteroatoms. The van der Waals surface area contributed by atoms with Crippen LogP contribution in [0.25, 0.3) is 11.3 Å². The number of carbonyl (C=O) groups is 1. The highest BCUT2D eigenvalue weighted by Crippen LogP contribution is 2.31. The van der Waals surface area contributed by atoms with Crippen LogP contribution in [0.1, 0.15) is 12.1 Å². The van der Waals surface area contributed by atoms with Gasteiger partial charge in [0, 0.05) is 41.9 Å². The fourth-order valence-electron chi connectivity index (χ4n) is 3.01. The first-order valence-corrected chi connectivity index (χ1v) is 11.3. The minimum absolute atomic E-state index is 0.0256. The van der Waals surface area contributed by atoms with E-state index in [1.165, 1.54) is 27.4 Å². The minimum Gasteiger partial charge on any atom is -0.497 e. The molecule has 0 saturated carbocycles. The molecule has 0 aliphatic heterocycles. The van der Waals surface area contributed by atoms with E-state index in [-0.39, 0.29) is 17.1 Å². The number of carbonyl (C=O) groups excluding carboxylic acids is 1. The molecular weight excluding hydrogens is 436 g/mol. The largest absolute Gasteiger partial charge is 0.497 e. The van der Waals surface area contributed by atoms with Gasteiger partial charge in [-0.1, -0.05) is 5.16 Å². The summed E-state index contributed by atoms with van der Waals surface area (Å²) in [7, 11) is 0.537. The van der Waals surface area contributed by atoms with Crippen molar-refractivity contribution < 1.29 is 31.9 Å². The fourth-order valence-corrected chi connectivity index (χ4v) is 4.45. The van der Waals surface area contributed by atoms with Gasteiger partial charge in [-0.2, -0.15) is 0 Å². The highest BCUT2D eigenvalue weighted by atomic mass is 32.2. The number of amides is 1. The van der Waals surface area contributed by atoms with E-state index in [0.29, 0.717) is 34.2 Å². The summed E-state index contributed by atoms with van der Waals surface area (Å²) in [6.07, 6.45) is -0.253. The van der Waals surface area contributed by atoms with Crippen LogP contribution in [0.4, 0.5) is 5.69 Å². The number of anilines is 1. The zero-order valence-electron chi connectivity index (χ0n) is 18.2. The van der Waals surface area contributed by atoms with E-state index >= 15 is 0 Å². The molecule has 0 saturated heterocycles. The number of nitrogens with zero attached hydrogens (tertiary/aromatic N) is 1. The molecule has 9 nitrogen and oxygen atoms in total.